The Morgan fingerprint density at radius 3 is 2.60 bits per heavy atom. The fraction of sp³-hybridized carbons (Fsp3) is 0.235. The minimum absolute atomic E-state index is 0.0313. The summed E-state index contributed by atoms with van der Waals surface area (Å²) >= 11 is 12.0. The number of aromatic hydroxyl groups is 1. The van der Waals surface area contributed by atoms with Gasteiger partial charge in [0.25, 0.3) is 0 Å². The van der Waals surface area contributed by atoms with Crippen LogP contribution in [-0.4, -0.2) is 31.0 Å². The van der Waals surface area contributed by atoms with Crippen LogP contribution in [0.15, 0.2) is 36.4 Å². The van der Waals surface area contributed by atoms with Crippen LogP contribution in [0.3, 0.4) is 0 Å². The smallest absolute Gasteiger partial charge is 0.322 e. The zero-order valence-corrected chi connectivity index (χ0v) is 15.0. The van der Waals surface area contributed by atoms with Gasteiger partial charge in [0.2, 0.25) is 0 Å². The van der Waals surface area contributed by atoms with E-state index < -0.39 is 12.0 Å². The van der Waals surface area contributed by atoms with Gasteiger partial charge in [-0.2, -0.15) is 0 Å². The lowest BCUT2D eigenvalue weighted by Crippen LogP contribution is -2.33. The van der Waals surface area contributed by atoms with Gasteiger partial charge in [-0.25, -0.2) is 0 Å². The van der Waals surface area contributed by atoms with Gasteiger partial charge in [0.15, 0.2) is 12.5 Å². The van der Waals surface area contributed by atoms with Gasteiger partial charge in [0, 0.05) is 0 Å². The second-order valence-corrected chi connectivity index (χ2v) is 6.02. The number of hydrogen-bond donors (Lipinski definition) is 3. The van der Waals surface area contributed by atoms with E-state index in [0.717, 1.165) is 5.56 Å². The van der Waals surface area contributed by atoms with Gasteiger partial charge < -0.3 is 25.6 Å². The summed E-state index contributed by atoms with van der Waals surface area (Å²) in [7, 11) is 1.28. The van der Waals surface area contributed by atoms with Crippen molar-refractivity contribution < 1.29 is 19.4 Å². The van der Waals surface area contributed by atoms with Gasteiger partial charge >= 0.3 is 5.97 Å². The third-order valence-corrected chi connectivity index (χ3v) is 4.01. The van der Waals surface area contributed by atoms with Crippen LogP contribution >= 0.6 is 23.2 Å². The van der Waals surface area contributed by atoms with Gasteiger partial charge in [-0.3, -0.25) is 4.79 Å². The lowest BCUT2D eigenvalue weighted by molar-refractivity contribution is -0.142. The number of carbonyl (C=O) groups is 1. The van der Waals surface area contributed by atoms with Crippen molar-refractivity contribution in [3.63, 3.8) is 0 Å². The fourth-order valence-electron chi connectivity index (χ4n) is 2.15. The Morgan fingerprint density at radius 2 is 1.96 bits per heavy atom. The quantitative estimate of drug-likeness (QED) is 0.385. The van der Waals surface area contributed by atoms with E-state index in [9.17, 15) is 9.90 Å². The average molecular weight is 385 g/mol. The van der Waals surface area contributed by atoms with E-state index in [1.54, 1.807) is 30.3 Å². The second kappa shape index (κ2) is 8.80. The molecular formula is C17H18Cl2N2O4. The van der Waals surface area contributed by atoms with Crippen LogP contribution in [0.25, 0.3) is 0 Å². The number of phenols is 1. The number of para-hydroxylation sites is 1. The first-order chi connectivity index (χ1) is 11.9. The Kier molecular flexibility index (Phi) is 6.75. The van der Waals surface area contributed by atoms with E-state index in [1.165, 1.54) is 13.2 Å². The molecule has 1 unspecified atom stereocenters. The molecule has 0 saturated carbocycles. The number of nitrogens with two attached hydrogens (primary N) is 1. The summed E-state index contributed by atoms with van der Waals surface area (Å²) in [6, 6.07) is 9.12. The number of carbonyl (C=O) groups excluding carboxylic acids is 1. The molecule has 0 fully saturated rings. The number of halogens is 2. The first-order valence-corrected chi connectivity index (χ1v) is 8.14. The largest absolute Gasteiger partial charge is 0.506 e. The van der Waals surface area contributed by atoms with Crippen LogP contribution in [-0.2, 0) is 16.0 Å². The minimum Gasteiger partial charge on any atom is -0.506 e. The van der Waals surface area contributed by atoms with Crippen LogP contribution in [0.5, 0.6) is 11.5 Å². The molecule has 0 aromatic heterocycles. The van der Waals surface area contributed by atoms with E-state index in [4.69, 9.17) is 33.7 Å². The predicted octanol–water partition coefficient (Wildman–Crippen LogP) is 3.19. The van der Waals surface area contributed by atoms with Gasteiger partial charge in [-0.05, 0) is 36.2 Å². The summed E-state index contributed by atoms with van der Waals surface area (Å²) < 4.78 is 10.1. The molecule has 0 saturated heterocycles. The number of hydrogen-bond acceptors (Lipinski definition) is 6. The molecule has 2 aromatic carbocycles. The molecule has 0 aliphatic rings. The Morgan fingerprint density at radius 1 is 1.28 bits per heavy atom. The molecule has 0 bridgehead atoms. The molecule has 1 atom stereocenters. The fourth-order valence-corrected chi connectivity index (χ4v) is 2.65. The highest BCUT2D eigenvalue weighted by atomic mass is 35.5. The minimum atomic E-state index is -0.777. The molecule has 0 radical (unpaired) electrons. The molecule has 6 nitrogen and oxygen atoms in total. The lowest BCUT2D eigenvalue weighted by atomic mass is 10.1. The standard InChI is InChI=1S/C17H18Cl2N2O4/c1-24-17(23)13(20)7-10-5-6-15(22)14(8-10)21-9-25-16-11(18)3-2-4-12(16)19/h2-6,8,13,21-22H,7,9,20H2,1H3. The van der Waals surface area contributed by atoms with Crippen LogP contribution in [0.4, 0.5) is 5.69 Å². The number of rotatable bonds is 7. The van der Waals surface area contributed by atoms with Gasteiger partial charge in [-0.15, -0.1) is 0 Å². The number of nitrogens with one attached hydrogen (secondary N) is 1. The van der Waals surface area contributed by atoms with E-state index in [-0.39, 0.29) is 18.9 Å². The van der Waals surface area contributed by atoms with Crippen molar-refractivity contribution in [2.45, 2.75) is 12.5 Å². The summed E-state index contributed by atoms with van der Waals surface area (Å²) in [4.78, 5) is 11.4. The van der Waals surface area contributed by atoms with Gasteiger partial charge in [-0.1, -0.05) is 35.3 Å². The number of benzene rings is 2. The molecule has 0 aliphatic carbocycles. The molecule has 25 heavy (non-hydrogen) atoms. The van der Waals surface area contributed by atoms with Crippen LogP contribution < -0.4 is 15.8 Å². The Bertz CT molecular complexity index is 735. The molecule has 2 aromatic rings. The molecule has 4 N–H and O–H groups in total. The van der Waals surface area contributed by atoms with Gasteiger partial charge in [0.05, 0.1) is 22.8 Å². The van der Waals surface area contributed by atoms with Crippen molar-refractivity contribution in [3.05, 3.63) is 52.0 Å². The third-order valence-electron chi connectivity index (χ3n) is 3.42. The molecule has 8 heteroatoms. The van der Waals surface area contributed by atoms with E-state index in [2.05, 4.69) is 10.1 Å². The van der Waals surface area contributed by atoms with Crippen LogP contribution in [0, 0.1) is 0 Å². The first kappa shape index (κ1) is 19.2. The number of ether oxygens (including phenoxy) is 2. The zero-order chi connectivity index (χ0) is 18.4. The maximum atomic E-state index is 11.4. The summed E-state index contributed by atoms with van der Waals surface area (Å²) in [5.41, 5.74) is 6.93. The van der Waals surface area contributed by atoms with Crippen molar-refractivity contribution in [1.29, 1.82) is 0 Å². The highest BCUT2D eigenvalue weighted by Crippen LogP contribution is 2.32. The summed E-state index contributed by atoms with van der Waals surface area (Å²) in [5.74, 6) is -0.120. The zero-order valence-electron chi connectivity index (χ0n) is 13.5. The Hall–Kier alpha value is -2.15. The van der Waals surface area contributed by atoms with Gasteiger partial charge in [0.1, 0.15) is 11.8 Å². The van der Waals surface area contributed by atoms with Crippen molar-refractivity contribution in [3.8, 4) is 11.5 Å². The topological polar surface area (TPSA) is 93.8 Å². The highest BCUT2D eigenvalue weighted by Gasteiger charge is 2.15. The third kappa shape index (κ3) is 5.16. The van der Waals surface area contributed by atoms with E-state index >= 15 is 0 Å². The lowest BCUT2D eigenvalue weighted by Gasteiger charge is -2.14. The number of methoxy groups -OCH3 is 1. The average Bonchev–Trinajstić information content (AvgIpc) is 2.59. The Labute approximate surface area is 155 Å². The normalized spacial score (nSPS) is 11.7. The molecule has 0 aliphatic heterocycles. The van der Waals surface area contributed by atoms with Crippen molar-refractivity contribution in [2.75, 3.05) is 19.2 Å². The van der Waals surface area contributed by atoms with Crippen LogP contribution in [0.2, 0.25) is 10.0 Å². The molecule has 2 rings (SSSR count). The number of esters is 1. The number of anilines is 1. The Balaban J connectivity index is 2.02. The maximum absolute atomic E-state index is 11.4. The predicted molar refractivity (Wildman–Crippen MR) is 97.4 cm³/mol. The SMILES string of the molecule is COC(=O)C(N)Cc1ccc(O)c(NCOc2c(Cl)cccc2Cl)c1. The monoisotopic (exact) mass is 384 g/mol. The highest BCUT2D eigenvalue weighted by molar-refractivity contribution is 6.37. The molecule has 0 heterocycles. The summed E-state index contributed by atoms with van der Waals surface area (Å²) in [6.45, 7) is 0.0313. The molecule has 0 amide bonds. The molecule has 0 spiro atoms. The molecular weight excluding hydrogens is 367 g/mol. The first-order valence-electron chi connectivity index (χ1n) is 7.38. The van der Waals surface area contributed by atoms with E-state index in [1.807, 2.05) is 0 Å². The van der Waals surface area contributed by atoms with Crippen molar-refractivity contribution in [2.24, 2.45) is 5.73 Å². The summed E-state index contributed by atoms with van der Waals surface area (Å²) in [5, 5.41) is 13.6. The van der Waals surface area contributed by atoms with Crippen molar-refractivity contribution >= 4 is 34.9 Å². The summed E-state index contributed by atoms with van der Waals surface area (Å²) in [6.07, 6.45) is 0.277. The maximum Gasteiger partial charge on any atom is 0.322 e. The van der Waals surface area contributed by atoms with Crippen LogP contribution in [0.1, 0.15) is 5.56 Å². The van der Waals surface area contributed by atoms with E-state index in [0.29, 0.717) is 21.5 Å². The van der Waals surface area contributed by atoms with Crippen molar-refractivity contribution in [1.82, 2.24) is 0 Å². The molecule has 134 valence electrons. The second-order valence-electron chi connectivity index (χ2n) is 5.20. The number of phenolic OH excluding ortho intramolecular Hbond substituents is 1.